The van der Waals surface area contributed by atoms with Gasteiger partial charge in [-0.05, 0) is 37.1 Å². The first-order chi connectivity index (χ1) is 10.2. The minimum atomic E-state index is -0.345. The van der Waals surface area contributed by atoms with Crippen LogP contribution in [-0.2, 0) is 14.3 Å². The Morgan fingerprint density at radius 2 is 1.67 bits per heavy atom. The Morgan fingerprint density at radius 1 is 1.00 bits per heavy atom. The van der Waals surface area contributed by atoms with E-state index in [4.69, 9.17) is 9.47 Å². The predicted molar refractivity (Wildman–Crippen MR) is 81.4 cm³/mol. The summed E-state index contributed by atoms with van der Waals surface area (Å²) in [7, 11) is 0. The van der Waals surface area contributed by atoms with Crippen molar-refractivity contribution in [3.63, 3.8) is 0 Å². The van der Waals surface area contributed by atoms with Gasteiger partial charge in [-0.25, -0.2) is 4.79 Å². The normalized spacial score (nSPS) is 10.2. The van der Waals surface area contributed by atoms with E-state index in [2.05, 4.69) is 5.32 Å². The number of hydrogen-bond donors (Lipinski definition) is 1. The first-order valence-electron chi connectivity index (χ1n) is 7.32. The highest BCUT2D eigenvalue weighted by Crippen LogP contribution is 2.11. The molecule has 1 N–H and O–H groups in total. The summed E-state index contributed by atoms with van der Waals surface area (Å²) in [5.41, 5.74) is 1.13. The van der Waals surface area contributed by atoms with Crippen molar-refractivity contribution in [2.24, 2.45) is 0 Å². The number of rotatable bonds is 9. The molecule has 0 saturated heterocycles. The second-order valence-corrected chi connectivity index (χ2v) is 4.62. The molecule has 1 aromatic carbocycles. The van der Waals surface area contributed by atoms with Crippen LogP contribution in [0.25, 0.3) is 0 Å². The van der Waals surface area contributed by atoms with Crippen molar-refractivity contribution in [2.75, 3.05) is 25.1 Å². The van der Waals surface area contributed by atoms with E-state index in [1.807, 2.05) is 13.8 Å². The van der Waals surface area contributed by atoms with Gasteiger partial charge in [0.1, 0.15) is 0 Å². The summed E-state index contributed by atoms with van der Waals surface area (Å²) in [6, 6.07) is 6.66. The van der Waals surface area contributed by atoms with Crippen molar-refractivity contribution in [3.05, 3.63) is 29.8 Å². The molecule has 0 fully saturated rings. The average molecular weight is 293 g/mol. The van der Waals surface area contributed by atoms with Crippen LogP contribution in [0, 0.1) is 0 Å². The van der Waals surface area contributed by atoms with Crippen molar-refractivity contribution >= 4 is 17.6 Å². The second-order valence-electron chi connectivity index (χ2n) is 4.62. The summed E-state index contributed by atoms with van der Waals surface area (Å²) in [5, 5.41) is 2.76. The van der Waals surface area contributed by atoms with Gasteiger partial charge in [0.25, 0.3) is 0 Å². The Hall–Kier alpha value is -1.88. The summed E-state index contributed by atoms with van der Waals surface area (Å²) in [5.74, 6) is -0.449. The molecule has 0 spiro atoms. The lowest BCUT2D eigenvalue weighted by atomic mass is 10.2. The molecule has 0 heterocycles. The molecule has 0 unspecified atom stereocenters. The Balaban J connectivity index is 2.39. The Bertz CT molecular complexity index is 442. The highest BCUT2D eigenvalue weighted by molar-refractivity contribution is 5.93. The van der Waals surface area contributed by atoms with E-state index in [1.54, 1.807) is 24.3 Å². The van der Waals surface area contributed by atoms with Gasteiger partial charge in [-0.2, -0.15) is 0 Å². The van der Waals surface area contributed by atoms with Crippen LogP contribution in [0.1, 0.15) is 43.5 Å². The number of esters is 1. The maximum atomic E-state index is 11.7. The zero-order valence-electron chi connectivity index (χ0n) is 12.7. The van der Waals surface area contributed by atoms with E-state index < -0.39 is 0 Å². The third-order valence-corrected chi connectivity index (χ3v) is 2.66. The lowest BCUT2D eigenvalue weighted by molar-refractivity contribution is -0.117. The van der Waals surface area contributed by atoms with Crippen LogP contribution in [0.2, 0.25) is 0 Å². The van der Waals surface area contributed by atoms with Crippen molar-refractivity contribution in [3.8, 4) is 0 Å². The van der Waals surface area contributed by atoms with Gasteiger partial charge >= 0.3 is 5.97 Å². The van der Waals surface area contributed by atoms with E-state index in [0.29, 0.717) is 37.5 Å². The smallest absolute Gasteiger partial charge is 0.338 e. The summed E-state index contributed by atoms with van der Waals surface area (Å²) in [6.07, 6.45) is 2.05. The molecule has 0 aliphatic rings. The number of carbonyl (C=O) groups is 2. The van der Waals surface area contributed by atoms with Crippen LogP contribution in [0.4, 0.5) is 5.69 Å². The summed E-state index contributed by atoms with van der Waals surface area (Å²) >= 11 is 0. The number of benzene rings is 1. The average Bonchev–Trinajstić information content (AvgIpc) is 2.50. The fourth-order valence-electron chi connectivity index (χ4n) is 1.60. The number of anilines is 1. The van der Waals surface area contributed by atoms with Crippen molar-refractivity contribution in [2.45, 2.75) is 33.1 Å². The third-order valence-electron chi connectivity index (χ3n) is 2.66. The standard InChI is InChI=1S/C16H23NO4/c1-3-10-20-12-9-15(18)17-14-7-5-13(6-8-14)16(19)21-11-4-2/h5-8H,3-4,9-12H2,1-2H3,(H,17,18). The van der Waals surface area contributed by atoms with Crippen molar-refractivity contribution in [1.29, 1.82) is 0 Å². The fourth-order valence-corrected chi connectivity index (χ4v) is 1.60. The van der Waals surface area contributed by atoms with Crippen LogP contribution < -0.4 is 5.32 Å². The minimum Gasteiger partial charge on any atom is -0.462 e. The summed E-state index contributed by atoms with van der Waals surface area (Å²) in [6.45, 7) is 5.46. The van der Waals surface area contributed by atoms with Gasteiger partial charge in [-0.1, -0.05) is 13.8 Å². The topological polar surface area (TPSA) is 64.6 Å². The van der Waals surface area contributed by atoms with Crippen molar-refractivity contribution in [1.82, 2.24) is 0 Å². The van der Waals surface area contributed by atoms with E-state index in [-0.39, 0.29) is 11.9 Å². The van der Waals surface area contributed by atoms with E-state index >= 15 is 0 Å². The molecule has 5 nitrogen and oxygen atoms in total. The Labute approximate surface area is 125 Å². The predicted octanol–water partition coefficient (Wildman–Crippen LogP) is 3.01. The fraction of sp³-hybridized carbons (Fsp3) is 0.500. The molecule has 0 atom stereocenters. The second kappa shape index (κ2) is 9.94. The van der Waals surface area contributed by atoms with Crippen LogP contribution in [0.5, 0.6) is 0 Å². The molecule has 0 saturated carbocycles. The third kappa shape index (κ3) is 6.90. The van der Waals surface area contributed by atoms with E-state index in [0.717, 1.165) is 12.8 Å². The summed E-state index contributed by atoms with van der Waals surface area (Å²) < 4.78 is 10.3. The Kier molecular flexibility index (Phi) is 8.12. The molecule has 0 aromatic heterocycles. The van der Waals surface area contributed by atoms with Gasteiger partial charge in [0.2, 0.25) is 5.91 Å². The number of nitrogens with one attached hydrogen (secondary N) is 1. The maximum absolute atomic E-state index is 11.7. The lowest BCUT2D eigenvalue weighted by Gasteiger charge is -2.07. The number of amides is 1. The monoisotopic (exact) mass is 293 g/mol. The molecule has 116 valence electrons. The van der Waals surface area contributed by atoms with Gasteiger partial charge in [-0.3, -0.25) is 4.79 Å². The highest BCUT2D eigenvalue weighted by atomic mass is 16.5. The zero-order valence-corrected chi connectivity index (χ0v) is 12.7. The van der Waals surface area contributed by atoms with Gasteiger partial charge in [-0.15, -0.1) is 0 Å². The highest BCUT2D eigenvalue weighted by Gasteiger charge is 2.07. The molecular formula is C16H23NO4. The minimum absolute atomic E-state index is 0.104. The molecular weight excluding hydrogens is 270 g/mol. The van der Waals surface area contributed by atoms with E-state index in [9.17, 15) is 9.59 Å². The van der Waals surface area contributed by atoms with E-state index in [1.165, 1.54) is 0 Å². The zero-order chi connectivity index (χ0) is 15.5. The van der Waals surface area contributed by atoms with Gasteiger partial charge in [0.05, 0.1) is 25.2 Å². The molecule has 21 heavy (non-hydrogen) atoms. The van der Waals surface area contributed by atoms with Crippen LogP contribution in [0.3, 0.4) is 0 Å². The van der Waals surface area contributed by atoms with Crippen LogP contribution in [0.15, 0.2) is 24.3 Å². The molecule has 0 radical (unpaired) electrons. The lowest BCUT2D eigenvalue weighted by Crippen LogP contribution is -2.14. The number of carbonyl (C=O) groups excluding carboxylic acids is 2. The van der Waals surface area contributed by atoms with Gasteiger partial charge in [0.15, 0.2) is 0 Å². The molecule has 0 aliphatic carbocycles. The summed E-state index contributed by atoms with van der Waals surface area (Å²) in [4.78, 5) is 23.3. The van der Waals surface area contributed by atoms with Gasteiger partial charge < -0.3 is 14.8 Å². The molecule has 5 heteroatoms. The first kappa shape index (κ1) is 17.2. The number of ether oxygens (including phenoxy) is 2. The van der Waals surface area contributed by atoms with Crippen LogP contribution in [-0.4, -0.2) is 31.7 Å². The quantitative estimate of drug-likeness (QED) is 0.561. The first-order valence-corrected chi connectivity index (χ1v) is 7.32. The molecule has 1 amide bonds. The molecule has 0 bridgehead atoms. The van der Waals surface area contributed by atoms with Gasteiger partial charge in [0, 0.05) is 12.3 Å². The maximum Gasteiger partial charge on any atom is 0.338 e. The largest absolute Gasteiger partial charge is 0.462 e. The molecule has 1 rings (SSSR count). The SMILES string of the molecule is CCCOCCC(=O)Nc1ccc(C(=O)OCCC)cc1. The van der Waals surface area contributed by atoms with Crippen molar-refractivity contribution < 1.29 is 19.1 Å². The number of hydrogen-bond acceptors (Lipinski definition) is 4. The molecule has 0 aliphatic heterocycles. The Morgan fingerprint density at radius 3 is 2.29 bits per heavy atom. The van der Waals surface area contributed by atoms with Crippen LogP contribution >= 0.6 is 0 Å². The molecule has 1 aromatic rings.